The van der Waals surface area contributed by atoms with Crippen molar-refractivity contribution in [2.24, 2.45) is 11.8 Å². The summed E-state index contributed by atoms with van der Waals surface area (Å²) in [5.41, 5.74) is 0. The van der Waals surface area contributed by atoms with Crippen LogP contribution in [0, 0.1) is 11.8 Å². The Morgan fingerprint density at radius 2 is 2.06 bits per heavy atom. The maximum Gasteiger partial charge on any atom is 0.306 e. The Morgan fingerprint density at radius 1 is 1.38 bits per heavy atom. The second-order valence-corrected chi connectivity index (χ2v) is 4.94. The summed E-state index contributed by atoms with van der Waals surface area (Å²) < 4.78 is 0. The summed E-state index contributed by atoms with van der Waals surface area (Å²) in [6, 6.07) is 0.182. The van der Waals surface area contributed by atoms with E-state index in [4.69, 9.17) is 16.7 Å². The van der Waals surface area contributed by atoms with Gasteiger partial charge in [-0.15, -0.1) is 0 Å². The molecule has 0 saturated heterocycles. The maximum absolute atomic E-state index is 10.8. The molecule has 16 heavy (non-hydrogen) atoms. The highest BCUT2D eigenvalue weighted by Gasteiger charge is 2.31. The molecule has 0 radical (unpaired) electrons. The molecule has 3 nitrogen and oxygen atoms in total. The Kier molecular flexibility index (Phi) is 3.54. The van der Waals surface area contributed by atoms with Crippen molar-refractivity contribution >= 4 is 17.6 Å². The van der Waals surface area contributed by atoms with Crippen molar-refractivity contribution in [2.45, 2.75) is 31.7 Å². The minimum atomic E-state index is -0.656. The van der Waals surface area contributed by atoms with Crippen LogP contribution in [0.4, 0.5) is 0 Å². The van der Waals surface area contributed by atoms with Crippen molar-refractivity contribution in [3.05, 3.63) is 23.4 Å². The van der Waals surface area contributed by atoms with Gasteiger partial charge in [0.25, 0.3) is 0 Å². The molecule has 1 saturated carbocycles. The van der Waals surface area contributed by atoms with Crippen molar-refractivity contribution in [1.29, 1.82) is 0 Å². The van der Waals surface area contributed by atoms with Crippen LogP contribution in [0.2, 0.25) is 0 Å². The van der Waals surface area contributed by atoms with Crippen LogP contribution in [-0.2, 0) is 4.79 Å². The van der Waals surface area contributed by atoms with E-state index in [0.29, 0.717) is 5.92 Å². The van der Waals surface area contributed by atoms with Gasteiger partial charge in [0.05, 0.1) is 12.0 Å². The molecule has 2 N–H and O–H groups in total. The van der Waals surface area contributed by atoms with E-state index in [0.717, 1.165) is 30.7 Å². The highest BCUT2D eigenvalue weighted by atomic mass is 35.5. The maximum atomic E-state index is 10.8. The number of carboxylic acid groups (broad SMARTS) is 1. The quantitative estimate of drug-likeness (QED) is 0.781. The first-order valence-corrected chi connectivity index (χ1v) is 6.07. The molecule has 1 atom stereocenters. The predicted octanol–water partition coefficient (Wildman–Crippen LogP) is 2.49. The van der Waals surface area contributed by atoms with Gasteiger partial charge >= 0.3 is 5.97 Å². The van der Waals surface area contributed by atoms with Gasteiger partial charge < -0.3 is 10.4 Å². The van der Waals surface area contributed by atoms with Crippen molar-refractivity contribution in [1.82, 2.24) is 5.32 Å². The number of carboxylic acids is 1. The standard InChI is InChI=1S/C12H16ClNO2/c13-10-2-1-7-14-11(10)8-3-5-9(6-4-8)12(15)16/h1-2,7-9,11,14H,3-6H2,(H,15,16)/t8-,9-,11?. The van der Waals surface area contributed by atoms with Crippen LogP contribution in [0.25, 0.3) is 0 Å². The van der Waals surface area contributed by atoms with Gasteiger partial charge in [-0.2, -0.15) is 0 Å². The number of rotatable bonds is 2. The highest BCUT2D eigenvalue weighted by Crippen LogP contribution is 2.34. The summed E-state index contributed by atoms with van der Waals surface area (Å²) >= 11 is 6.15. The topological polar surface area (TPSA) is 49.3 Å². The third-order valence-corrected chi connectivity index (χ3v) is 3.88. The number of nitrogens with one attached hydrogen (secondary N) is 1. The summed E-state index contributed by atoms with van der Waals surface area (Å²) in [4.78, 5) is 10.8. The fourth-order valence-corrected chi connectivity index (χ4v) is 2.86. The lowest BCUT2D eigenvalue weighted by Gasteiger charge is -2.33. The van der Waals surface area contributed by atoms with E-state index in [1.54, 1.807) is 0 Å². The van der Waals surface area contributed by atoms with Crippen LogP contribution < -0.4 is 5.32 Å². The van der Waals surface area contributed by atoms with Crippen LogP contribution in [0.1, 0.15) is 25.7 Å². The molecule has 0 aromatic carbocycles. The number of aliphatic carboxylic acids is 1. The molecule has 1 aliphatic heterocycles. The number of halogens is 1. The molecule has 1 unspecified atom stereocenters. The van der Waals surface area contributed by atoms with Gasteiger partial charge in [-0.1, -0.05) is 11.6 Å². The highest BCUT2D eigenvalue weighted by molar-refractivity contribution is 6.30. The van der Waals surface area contributed by atoms with Gasteiger partial charge in [0.2, 0.25) is 0 Å². The fraction of sp³-hybridized carbons (Fsp3) is 0.583. The van der Waals surface area contributed by atoms with Crippen molar-refractivity contribution in [3.63, 3.8) is 0 Å². The summed E-state index contributed by atoms with van der Waals surface area (Å²) in [6.07, 6.45) is 9.12. The first-order chi connectivity index (χ1) is 7.68. The smallest absolute Gasteiger partial charge is 0.306 e. The molecular formula is C12H16ClNO2. The molecule has 1 fully saturated rings. The van der Waals surface area contributed by atoms with Crippen molar-refractivity contribution in [3.8, 4) is 0 Å². The molecule has 4 heteroatoms. The van der Waals surface area contributed by atoms with E-state index in [9.17, 15) is 4.79 Å². The Balaban J connectivity index is 1.92. The lowest BCUT2D eigenvalue weighted by Crippen LogP contribution is -2.37. The van der Waals surface area contributed by atoms with E-state index in [1.165, 1.54) is 0 Å². The lowest BCUT2D eigenvalue weighted by atomic mass is 9.78. The van der Waals surface area contributed by atoms with Crippen LogP contribution in [0.15, 0.2) is 23.4 Å². The van der Waals surface area contributed by atoms with Gasteiger partial charge in [-0.25, -0.2) is 0 Å². The monoisotopic (exact) mass is 241 g/mol. The van der Waals surface area contributed by atoms with Crippen LogP contribution in [0.5, 0.6) is 0 Å². The van der Waals surface area contributed by atoms with E-state index in [-0.39, 0.29) is 12.0 Å². The minimum Gasteiger partial charge on any atom is -0.481 e. The first kappa shape index (κ1) is 11.5. The number of allylic oxidation sites excluding steroid dienone is 2. The number of hydrogen-bond donors (Lipinski definition) is 2. The molecule has 0 bridgehead atoms. The predicted molar refractivity (Wildman–Crippen MR) is 63.1 cm³/mol. The normalized spacial score (nSPS) is 34.1. The minimum absolute atomic E-state index is 0.155. The second-order valence-electron chi connectivity index (χ2n) is 4.50. The van der Waals surface area contributed by atoms with Gasteiger partial charge in [0, 0.05) is 5.03 Å². The van der Waals surface area contributed by atoms with Gasteiger partial charge in [-0.3, -0.25) is 4.79 Å². The van der Waals surface area contributed by atoms with E-state index < -0.39 is 5.97 Å². The number of hydrogen-bond acceptors (Lipinski definition) is 2. The van der Waals surface area contributed by atoms with E-state index >= 15 is 0 Å². The van der Waals surface area contributed by atoms with E-state index in [1.807, 2.05) is 18.4 Å². The molecule has 0 aromatic rings. The van der Waals surface area contributed by atoms with Gasteiger partial charge in [0.15, 0.2) is 0 Å². The Hall–Kier alpha value is -0.960. The molecule has 0 aromatic heterocycles. The number of dihydropyridines is 1. The fourth-order valence-electron chi connectivity index (χ4n) is 2.54. The van der Waals surface area contributed by atoms with Gasteiger partial charge in [0.1, 0.15) is 0 Å². The molecule has 88 valence electrons. The van der Waals surface area contributed by atoms with Gasteiger partial charge in [-0.05, 0) is 50.0 Å². The molecule has 0 amide bonds. The average molecular weight is 242 g/mol. The third-order valence-electron chi connectivity index (χ3n) is 3.52. The second kappa shape index (κ2) is 4.91. The molecule has 0 spiro atoms. The molecule has 1 heterocycles. The average Bonchev–Trinajstić information content (AvgIpc) is 2.30. The first-order valence-electron chi connectivity index (χ1n) is 5.69. The zero-order chi connectivity index (χ0) is 11.5. The largest absolute Gasteiger partial charge is 0.481 e. The van der Waals surface area contributed by atoms with Crippen LogP contribution in [0.3, 0.4) is 0 Å². The summed E-state index contributed by atoms with van der Waals surface area (Å²) in [5.74, 6) is -0.348. The molecular weight excluding hydrogens is 226 g/mol. The lowest BCUT2D eigenvalue weighted by molar-refractivity contribution is -0.143. The third kappa shape index (κ3) is 2.40. The summed E-state index contributed by atoms with van der Waals surface area (Å²) in [7, 11) is 0. The molecule has 2 aliphatic rings. The summed E-state index contributed by atoms with van der Waals surface area (Å²) in [5, 5.41) is 13.0. The van der Waals surface area contributed by atoms with E-state index in [2.05, 4.69) is 5.32 Å². The zero-order valence-electron chi connectivity index (χ0n) is 9.03. The van der Waals surface area contributed by atoms with Crippen LogP contribution >= 0.6 is 11.6 Å². The van der Waals surface area contributed by atoms with Crippen LogP contribution in [-0.4, -0.2) is 17.1 Å². The Morgan fingerprint density at radius 3 is 2.62 bits per heavy atom. The summed E-state index contributed by atoms with van der Waals surface area (Å²) in [6.45, 7) is 0. The molecule has 2 rings (SSSR count). The number of carbonyl (C=O) groups is 1. The van der Waals surface area contributed by atoms with Crippen molar-refractivity contribution in [2.75, 3.05) is 0 Å². The SMILES string of the molecule is O=C(O)[C@H]1CC[C@H](C2NC=CC=C2Cl)CC1. The zero-order valence-corrected chi connectivity index (χ0v) is 9.78. The van der Waals surface area contributed by atoms with Crippen molar-refractivity contribution < 1.29 is 9.90 Å². The Labute approximate surface area is 100 Å². The Bertz CT molecular complexity index is 330. The molecule has 1 aliphatic carbocycles.